The smallest absolute Gasteiger partial charge is 0.330 e. The first-order valence-corrected chi connectivity index (χ1v) is 7.93. The Morgan fingerprint density at radius 2 is 1.83 bits per heavy atom. The van der Waals surface area contributed by atoms with Crippen molar-refractivity contribution in [2.75, 3.05) is 11.5 Å². The SMILES string of the molecule is O=C(NC1(C(=O)O)CCSC1)C1CCCCCC1. The first-order chi connectivity index (χ1) is 8.64. The van der Waals surface area contributed by atoms with E-state index < -0.39 is 11.5 Å². The Labute approximate surface area is 112 Å². The maximum Gasteiger partial charge on any atom is 0.330 e. The second-order valence-electron chi connectivity index (χ2n) is 5.37. The summed E-state index contributed by atoms with van der Waals surface area (Å²) in [5, 5.41) is 12.2. The largest absolute Gasteiger partial charge is 0.479 e. The molecular weight excluding hydrogens is 250 g/mol. The molecule has 0 bridgehead atoms. The molecule has 1 unspecified atom stereocenters. The highest BCUT2D eigenvalue weighted by Crippen LogP contribution is 2.30. The van der Waals surface area contributed by atoms with Crippen molar-refractivity contribution in [3.63, 3.8) is 0 Å². The number of rotatable bonds is 3. The molecule has 1 saturated heterocycles. The molecule has 1 aliphatic heterocycles. The van der Waals surface area contributed by atoms with Gasteiger partial charge in [0.05, 0.1) is 0 Å². The summed E-state index contributed by atoms with van der Waals surface area (Å²) in [5.41, 5.74) is -1.01. The van der Waals surface area contributed by atoms with Gasteiger partial charge in [0.15, 0.2) is 0 Å². The molecule has 5 heteroatoms. The lowest BCUT2D eigenvalue weighted by Crippen LogP contribution is -2.56. The number of carboxylic acids is 1. The molecule has 0 aromatic carbocycles. The van der Waals surface area contributed by atoms with Gasteiger partial charge in [-0.3, -0.25) is 4.79 Å². The van der Waals surface area contributed by atoms with E-state index in [1.165, 1.54) is 12.8 Å². The van der Waals surface area contributed by atoms with E-state index in [1.807, 2.05) is 0 Å². The molecule has 2 fully saturated rings. The molecule has 2 N–H and O–H groups in total. The number of hydrogen-bond donors (Lipinski definition) is 2. The van der Waals surface area contributed by atoms with Crippen molar-refractivity contribution in [2.45, 2.75) is 50.5 Å². The number of hydrogen-bond acceptors (Lipinski definition) is 3. The molecule has 1 atom stereocenters. The molecule has 2 aliphatic rings. The summed E-state index contributed by atoms with van der Waals surface area (Å²) in [4.78, 5) is 23.6. The first-order valence-electron chi connectivity index (χ1n) is 6.77. The summed E-state index contributed by atoms with van der Waals surface area (Å²) in [5.74, 6) is 0.420. The highest BCUT2D eigenvalue weighted by atomic mass is 32.2. The fourth-order valence-corrected chi connectivity index (χ4v) is 4.09. The lowest BCUT2D eigenvalue weighted by atomic mass is 9.94. The van der Waals surface area contributed by atoms with Crippen LogP contribution in [0.15, 0.2) is 0 Å². The molecule has 0 spiro atoms. The highest BCUT2D eigenvalue weighted by Gasteiger charge is 2.44. The van der Waals surface area contributed by atoms with Crippen molar-refractivity contribution in [1.82, 2.24) is 5.32 Å². The maximum absolute atomic E-state index is 12.2. The Morgan fingerprint density at radius 1 is 1.17 bits per heavy atom. The van der Waals surface area contributed by atoms with E-state index in [0.29, 0.717) is 12.2 Å². The van der Waals surface area contributed by atoms with E-state index in [0.717, 1.165) is 31.4 Å². The molecule has 1 amide bonds. The molecule has 1 saturated carbocycles. The van der Waals surface area contributed by atoms with Gasteiger partial charge in [0.2, 0.25) is 5.91 Å². The summed E-state index contributed by atoms with van der Waals surface area (Å²) in [6.45, 7) is 0. The standard InChI is InChI=1S/C13H21NO3S/c15-11(10-5-3-1-2-4-6-10)14-13(12(16)17)7-8-18-9-13/h10H,1-9H2,(H,14,15)(H,16,17). The third kappa shape index (κ3) is 2.99. The molecule has 0 aromatic rings. The number of aliphatic carboxylic acids is 1. The molecule has 1 aliphatic carbocycles. The van der Waals surface area contributed by atoms with E-state index in [1.54, 1.807) is 11.8 Å². The van der Waals surface area contributed by atoms with Gasteiger partial charge in [-0.15, -0.1) is 0 Å². The monoisotopic (exact) mass is 271 g/mol. The maximum atomic E-state index is 12.2. The Hall–Kier alpha value is -0.710. The van der Waals surface area contributed by atoms with Crippen LogP contribution in [0.5, 0.6) is 0 Å². The van der Waals surface area contributed by atoms with Gasteiger partial charge in [-0.2, -0.15) is 11.8 Å². The molecule has 0 radical (unpaired) electrons. The van der Waals surface area contributed by atoms with Crippen LogP contribution in [0.4, 0.5) is 0 Å². The predicted octanol–water partition coefficient (Wildman–Crippen LogP) is 2.03. The highest BCUT2D eigenvalue weighted by molar-refractivity contribution is 7.99. The van der Waals surface area contributed by atoms with Crippen LogP contribution < -0.4 is 5.32 Å². The number of carbonyl (C=O) groups excluding carboxylic acids is 1. The van der Waals surface area contributed by atoms with Gasteiger partial charge in [0.1, 0.15) is 5.54 Å². The van der Waals surface area contributed by atoms with E-state index >= 15 is 0 Å². The molecular formula is C13H21NO3S. The van der Waals surface area contributed by atoms with Gasteiger partial charge < -0.3 is 10.4 Å². The number of carbonyl (C=O) groups is 2. The average Bonchev–Trinajstić information content (AvgIpc) is 2.65. The quantitative estimate of drug-likeness (QED) is 0.771. The number of nitrogens with one attached hydrogen (secondary N) is 1. The van der Waals surface area contributed by atoms with E-state index in [2.05, 4.69) is 5.32 Å². The van der Waals surface area contributed by atoms with E-state index in [4.69, 9.17) is 0 Å². The summed E-state index contributed by atoms with van der Waals surface area (Å²) in [6.07, 6.45) is 6.95. The zero-order valence-electron chi connectivity index (χ0n) is 10.6. The Morgan fingerprint density at radius 3 is 2.33 bits per heavy atom. The molecule has 0 aromatic heterocycles. The van der Waals surface area contributed by atoms with Crippen molar-refractivity contribution in [1.29, 1.82) is 0 Å². The Bertz CT molecular complexity index is 318. The predicted molar refractivity (Wildman–Crippen MR) is 71.6 cm³/mol. The van der Waals surface area contributed by atoms with Crippen LogP contribution in [0, 0.1) is 5.92 Å². The van der Waals surface area contributed by atoms with Gasteiger partial charge in [-0.05, 0) is 25.0 Å². The fraction of sp³-hybridized carbons (Fsp3) is 0.846. The lowest BCUT2D eigenvalue weighted by molar-refractivity contribution is -0.147. The number of amides is 1. The van der Waals surface area contributed by atoms with Crippen molar-refractivity contribution >= 4 is 23.6 Å². The van der Waals surface area contributed by atoms with Crippen LogP contribution >= 0.6 is 11.8 Å². The van der Waals surface area contributed by atoms with E-state index in [9.17, 15) is 14.7 Å². The van der Waals surface area contributed by atoms with Crippen LogP contribution in [0.25, 0.3) is 0 Å². The van der Waals surface area contributed by atoms with Crippen LogP contribution in [-0.2, 0) is 9.59 Å². The Kier molecular flexibility index (Phi) is 4.54. The van der Waals surface area contributed by atoms with Crippen LogP contribution in [0.1, 0.15) is 44.9 Å². The third-order valence-electron chi connectivity index (χ3n) is 4.02. The van der Waals surface area contributed by atoms with Gasteiger partial charge in [-0.1, -0.05) is 25.7 Å². The van der Waals surface area contributed by atoms with Crippen LogP contribution in [0.2, 0.25) is 0 Å². The van der Waals surface area contributed by atoms with Gasteiger partial charge >= 0.3 is 5.97 Å². The van der Waals surface area contributed by atoms with E-state index in [-0.39, 0.29) is 11.8 Å². The minimum Gasteiger partial charge on any atom is -0.479 e. The zero-order valence-corrected chi connectivity index (χ0v) is 11.4. The van der Waals surface area contributed by atoms with Crippen molar-refractivity contribution < 1.29 is 14.7 Å². The minimum atomic E-state index is -1.01. The summed E-state index contributed by atoms with van der Waals surface area (Å²) < 4.78 is 0. The van der Waals surface area contributed by atoms with Gasteiger partial charge in [-0.25, -0.2) is 4.79 Å². The zero-order chi connectivity index (χ0) is 13.0. The molecule has 102 valence electrons. The van der Waals surface area contributed by atoms with Crippen molar-refractivity contribution in [2.24, 2.45) is 5.92 Å². The van der Waals surface area contributed by atoms with Crippen LogP contribution in [-0.4, -0.2) is 34.0 Å². The third-order valence-corrected chi connectivity index (χ3v) is 5.21. The number of thioether (sulfide) groups is 1. The lowest BCUT2D eigenvalue weighted by Gasteiger charge is -2.27. The molecule has 2 rings (SSSR count). The van der Waals surface area contributed by atoms with Crippen molar-refractivity contribution in [3.05, 3.63) is 0 Å². The second-order valence-corrected chi connectivity index (χ2v) is 6.47. The average molecular weight is 271 g/mol. The normalized spacial score (nSPS) is 29.8. The second kappa shape index (κ2) is 5.95. The number of carboxylic acid groups (broad SMARTS) is 1. The summed E-state index contributed by atoms with van der Waals surface area (Å²) >= 11 is 1.61. The minimum absolute atomic E-state index is 0.0225. The molecule has 18 heavy (non-hydrogen) atoms. The summed E-state index contributed by atoms with van der Waals surface area (Å²) in [6, 6.07) is 0. The van der Waals surface area contributed by atoms with Crippen LogP contribution in [0.3, 0.4) is 0 Å². The molecule has 4 nitrogen and oxygen atoms in total. The van der Waals surface area contributed by atoms with Gasteiger partial charge in [0, 0.05) is 11.7 Å². The van der Waals surface area contributed by atoms with Gasteiger partial charge in [0.25, 0.3) is 0 Å². The molecule has 1 heterocycles. The summed E-state index contributed by atoms with van der Waals surface area (Å²) in [7, 11) is 0. The van der Waals surface area contributed by atoms with Crippen molar-refractivity contribution in [3.8, 4) is 0 Å². The topological polar surface area (TPSA) is 66.4 Å². The first kappa shape index (κ1) is 13.7. The Balaban J connectivity index is 1.98. The fourth-order valence-electron chi connectivity index (χ4n) is 2.77.